The SMILES string of the molecule is CC(C)(C)OC(=O)N1CCC[C@H]1NCCCCOc1ccccn1. The highest BCUT2D eigenvalue weighted by Gasteiger charge is 2.31. The minimum Gasteiger partial charge on any atom is -0.478 e. The molecule has 0 unspecified atom stereocenters. The molecule has 0 saturated carbocycles. The zero-order valence-electron chi connectivity index (χ0n) is 15.0. The third kappa shape index (κ3) is 6.35. The monoisotopic (exact) mass is 335 g/mol. The van der Waals surface area contributed by atoms with Crippen LogP contribution in [0, 0.1) is 0 Å². The molecule has 2 heterocycles. The van der Waals surface area contributed by atoms with Gasteiger partial charge < -0.3 is 9.47 Å². The minimum atomic E-state index is -0.451. The molecule has 0 bridgehead atoms. The largest absolute Gasteiger partial charge is 0.478 e. The molecule has 6 heteroatoms. The number of likely N-dealkylation sites (tertiary alicyclic amines) is 1. The van der Waals surface area contributed by atoms with Crippen molar-refractivity contribution in [2.75, 3.05) is 19.7 Å². The number of carbonyl (C=O) groups excluding carboxylic acids is 1. The molecule has 6 nitrogen and oxygen atoms in total. The van der Waals surface area contributed by atoms with Crippen molar-refractivity contribution >= 4 is 6.09 Å². The summed E-state index contributed by atoms with van der Waals surface area (Å²) in [6.07, 6.45) is 5.51. The van der Waals surface area contributed by atoms with Crippen molar-refractivity contribution in [2.24, 2.45) is 0 Å². The average molecular weight is 335 g/mol. The van der Waals surface area contributed by atoms with Crippen LogP contribution in [0.2, 0.25) is 0 Å². The van der Waals surface area contributed by atoms with E-state index in [9.17, 15) is 4.79 Å². The average Bonchev–Trinajstić information content (AvgIpc) is 2.99. The predicted octanol–water partition coefficient (Wildman–Crippen LogP) is 3.19. The molecule has 0 radical (unpaired) electrons. The van der Waals surface area contributed by atoms with Gasteiger partial charge in [-0.25, -0.2) is 9.78 Å². The molecule has 1 N–H and O–H groups in total. The van der Waals surface area contributed by atoms with Crippen molar-refractivity contribution in [1.82, 2.24) is 15.2 Å². The smallest absolute Gasteiger partial charge is 0.411 e. The van der Waals surface area contributed by atoms with Crippen molar-refractivity contribution in [3.63, 3.8) is 0 Å². The highest BCUT2D eigenvalue weighted by Crippen LogP contribution is 2.19. The molecule has 1 aliphatic heterocycles. The topological polar surface area (TPSA) is 63.7 Å². The first-order chi connectivity index (χ1) is 11.5. The van der Waals surface area contributed by atoms with Gasteiger partial charge in [-0.1, -0.05) is 6.07 Å². The maximum Gasteiger partial charge on any atom is 0.411 e. The van der Waals surface area contributed by atoms with Gasteiger partial charge in [-0.2, -0.15) is 0 Å². The lowest BCUT2D eigenvalue weighted by molar-refractivity contribution is 0.0200. The first-order valence-corrected chi connectivity index (χ1v) is 8.72. The van der Waals surface area contributed by atoms with Gasteiger partial charge in [-0.05, 0) is 59.1 Å². The van der Waals surface area contributed by atoms with Crippen molar-refractivity contribution in [3.8, 4) is 5.88 Å². The fourth-order valence-corrected chi connectivity index (χ4v) is 2.62. The Morgan fingerprint density at radius 3 is 2.92 bits per heavy atom. The number of amides is 1. The van der Waals surface area contributed by atoms with Gasteiger partial charge >= 0.3 is 6.09 Å². The zero-order chi connectivity index (χ0) is 17.4. The number of aromatic nitrogens is 1. The Hall–Kier alpha value is -1.82. The Morgan fingerprint density at radius 2 is 2.21 bits per heavy atom. The first kappa shape index (κ1) is 18.5. The van der Waals surface area contributed by atoms with Crippen LogP contribution in [-0.4, -0.2) is 47.4 Å². The molecule has 1 amide bonds. The number of unbranched alkanes of at least 4 members (excludes halogenated alkanes) is 1. The summed E-state index contributed by atoms with van der Waals surface area (Å²) in [6.45, 7) is 7.95. The van der Waals surface area contributed by atoms with Gasteiger partial charge in [0.05, 0.1) is 12.8 Å². The molecule has 0 aliphatic carbocycles. The van der Waals surface area contributed by atoms with Gasteiger partial charge in [0.25, 0.3) is 0 Å². The van der Waals surface area contributed by atoms with Crippen LogP contribution >= 0.6 is 0 Å². The molecule has 24 heavy (non-hydrogen) atoms. The molecule has 134 valence electrons. The second-order valence-corrected chi connectivity index (χ2v) is 7.01. The molecule has 1 aromatic heterocycles. The molecule has 1 atom stereocenters. The number of hydrogen-bond acceptors (Lipinski definition) is 5. The van der Waals surface area contributed by atoms with Crippen LogP contribution < -0.4 is 10.1 Å². The molecule has 1 aromatic rings. The van der Waals surface area contributed by atoms with Gasteiger partial charge in [0.2, 0.25) is 5.88 Å². The van der Waals surface area contributed by atoms with Gasteiger partial charge in [-0.15, -0.1) is 0 Å². The van der Waals surface area contributed by atoms with Gasteiger partial charge in [-0.3, -0.25) is 10.2 Å². The quantitative estimate of drug-likeness (QED) is 0.775. The molecule has 2 rings (SSSR count). The highest BCUT2D eigenvalue weighted by atomic mass is 16.6. The number of nitrogens with zero attached hydrogens (tertiary/aromatic N) is 2. The first-order valence-electron chi connectivity index (χ1n) is 8.72. The Bertz CT molecular complexity index is 502. The van der Waals surface area contributed by atoms with Gasteiger partial charge in [0, 0.05) is 18.8 Å². The van der Waals surface area contributed by atoms with Crippen LogP contribution in [0.25, 0.3) is 0 Å². The van der Waals surface area contributed by atoms with E-state index < -0.39 is 5.60 Å². The summed E-state index contributed by atoms with van der Waals surface area (Å²) in [5, 5.41) is 3.45. The van der Waals surface area contributed by atoms with Crippen LogP contribution in [0.15, 0.2) is 24.4 Å². The summed E-state index contributed by atoms with van der Waals surface area (Å²) in [7, 11) is 0. The van der Waals surface area contributed by atoms with E-state index in [0.717, 1.165) is 38.8 Å². The van der Waals surface area contributed by atoms with Crippen LogP contribution in [-0.2, 0) is 4.74 Å². The fourth-order valence-electron chi connectivity index (χ4n) is 2.62. The minimum absolute atomic E-state index is 0.0801. The van der Waals surface area contributed by atoms with E-state index in [-0.39, 0.29) is 12.3 Å². The lowest BCUT2D eigenvalue weighted by atomic mass is 10.2. The molecule has 0 aromatic carbocycles. The molecule has 1 fully saturated rings. The number of pyridine rings is 1. The second kappa shape index (κ2) is 8.87. The second-order valence-electron chi connectivity index (χ2n) is 7.01. The third-order valence-corrected chi connectivity index (χ3v) is 3.72. The Morgan fingerprint density at radius 1 is 1.38 bits per heavy atom. The molecule has 1 aliphatic rings. The van der Waals surface area contributed by atoms with E-state index in [1.165, 1.54) is 0 Å². The highest BCUT2D eigenvalue weighted by molar-refractivity contribution is 5.68. The van der Waals surface area contributed by atoms with E-state index in [1.807, 2.05) is 39.0 Å². The maximum absolute atomic E-state index is 12.2. The molecule has 0 spiro atoms. The van der Waals surface area contributed by atoms with E-state index >= 15 is 0 Å². The summed E-state index contributed by atoms with van der Waals surface area (Å²) in [4.78, 5) is 18.1. The number of rotatable bonds is 7. The van der Waals surface area contributed by atoms with Crippen LogP contribution in [0.3, 0.4) is 0 Å². The van der Waals surface area contributed by atoms with Gasteiger partial charge in [0.15, 0.2) is 0 Å². The Labute approximate surface area is 144 Å². The normalized spacial score (nSPS) is 17.8. The standard InChI is InChI=1S/C18H29N3O3/c1-18(2,3)24-17(22)21-13-8-9-15(21)19-11-6-7-14-23-16-10-4-5-12-20-16/h4-5,10,12,15,19H,6-9,11,13-14H2,1-3H3/t15-/m0/s1. The number of carbonyl (C=O) groups is 1. The lowest BCUT2D eigenvalue weighted by Crippen LogP contribution is -2.46. The number of nitrogens with one attached hydrogen (secondary N) is 1. The van der Waals surface area contributed by atoms with Gasteiger partial charge in [0.1, 0.15) is 5.60 Å². The maximum atomic E-state index is 12.2. The zero-order valence-corrected chi connectivity index (χ0v) is 15.0. The summed E-state index contributed by atoms with van der Waals surface area (Å²) < 4.78 is 11.0. The summed E-state index contributed by atoms with van der Waals surface area (Å²) in [5.41, 5.74) is -0.451. The van der Waals surface area contributed by atoms with Crippen molar-refractivity contribution < 1.29 is 14.3 Å². The molecular formula is C18H29N3O3. The fraction of sp³-hybridized carbons (Fsp3) is 0.667. The van der Waals surface area contributed by atoms with E-state index in [2.05, 4.69) is 10.3 Å². The van der Waals surface area contributed by atoms with Crippen LogP contribution in [0.5, 0.6) is 5.88 Å². The summed E-state index contributed by atoms with van der Waals surface area (Å²) >= 11 is 0. The van der Waals surface area contributed by atoms with Crippen molar-refractivity contribution in [3.05, 3.63) is 24.4 Å². The summed E-state index contributed by atoms with van der Waals surface area (Å²) in [6, 6.07) is 5.64. The van der Waals surface area contributed by atoms with E-state index in [4.69, 9.17) is 9.47 Å². The third-order valence-electron chi connectivity index (χ3n) is 3.72. The molecule has 1 saturated heterocycles. The molecular weight excluding hydrogens is 306 g/mol. The van der Waals surface area contributed by atoms with Crippen LogP contribution in [0.1, 0.15) is 46.5 Å². The Balaban J connectivity index is 1.61. The summed E-state index contributed by atoms with van der Waals surface area (Å²) in [5.74, 6) is 0.664. The van der Waals surface area contributed by atoms with E-state index in [0.29, 0.717) is 12.5 Å². The van der Waals surface area contributed by atoms with E-state index in [1.54, 1.807) is 11.1 Å². The number of ether oxygens (including phenoxy) is 2. The number of hydrogen-bond donors (Lipinski definition) is 1. The predicted molar refractivity (Wildman–Crippen MR) is 92.9 cm³/mol. The van der Waals surface area contributed by atoms with Crippen LogP contribution in [0.4, 0.5) is 4.79 Å². The lowest BCUT2D eigenvalue weighted by Gasteiger charge is -2.29. The Kier molecular flexibility index (Phi) is 6.85. The van der Waals surface area contributed by atoms with Crippen molar-refractivity contribution in [1.29, 1.82) is 0 Å². The van der Waals surface area contributed by atoms with Crippen molar-refractivity contribution in [2.45, 2.75) is 58.2 Å².